The molecule has 3 N–H and O–H groups in total. The monoisotopic (exact) mass is 241 g/mol. The molecule has 68 valence electrons. The molecule has 1 aromatic carbocycles. The van der Waals surface area contributed by atoms with E-state index in [4.69, 9.17) is 5.73 Å². The van der Waals surface area contributed by atoms with Gasteiger partial charge in [-0.05, 0) is 18.1 Å². The van der Waals surface area contributed by atoms with Crippen LogP contribution in [0.15, 0.2) is 10.5 Å². The summed E-state index contributed by atoms with van der Waals surface area (Å²) in [5, 5.41) is 9.55. The van der Waals surface area contributed by atoms with Gasteiger partial charge in [0.05, 0.1) is 11.3 Å². The summed E-state index contributed by atoms with van der Waals surface area (Å²) in [5.74, 6) is -0.0961. The Morgan fingerprint density at radius 3 is 2.85 bits per heavy atom. The number of rotatable bonds is 0. The van der Waals surface area contributed by atoms with Crippen molar-refractivity contribution in [2.24, 2.45) is 0 Å². The molecule has 0 spiro atoms. The first-order valence-electron chi connectivity index (χ1n) is 3.94. The quantitative estimate of drug-likeness (QED) is 0.539. The van der Waals surface area contributed by atoms with Crippen molar-refractivity contribution in [3.8, 4) is 5.75 Å². The molecule has 1 aromatic rings. The van der Waals surface area contributed by atoms with Crippen molar-refractivity contribution in [1.82, 2.24) is 0 Å². The first kappa shape index (κ1) is 8.56. The predicted molar refractivity (Wildman–Crippen MR) is 52.9 cm³/mol. The lowest BCUT2D eigenvalue weighted by molar-refractivity contribution is 0.0992. The Labute approximate surface area is 83.7 Å². The van der Waals surface area contributed by atoms with Gasteiger partial charge in [-0.1, -0.05) is 15.9 Å². The lowest BCUT2D eigenvalue weighted by Crippen LogP contribution is -1.96. The predicted octanol–water partition coefficient (Wildman–Crippen LogP) is 1.87. The largest absolute Gasteiger partial charge is 0.505 e. The molecule has 0 aromatic heterocycles. The number of hydrogen-bond acceptors (Lipinski definition) is 3. The number of benzene rings is 1. The summed E-state index contributed by atoms with van der Waals surface area (Å²) in [7, 11) is 0. The lowest BCUT2D eigenvalue weighted by atomic mass is 10.1. The average molecular weight is 242 g/mol. The molecule has 0 aliphatic heterocycles. The molecule has 13 heavy (non-hydrogen) atoms. The Balaban J connectivity index is 2.77. The molecule has 0 saturated heterocycles. The van der Waals surface area contributed by atoms with E-state index >= 15 is 0 Å². The smallest absolute Gasteiger partial charge is 0.167 e. The van der Waals surface area contributed by atoms with Gasteiger partial charge in [0.15, 0.2) is 5.78 Å². The summed E-state index contributed by atoms with van der Waals surface area (Å²) in [4.78, 5) is 11.4. The van der Waals surface area contributed by atoms with E-state index in [9.17, 15) is 9.90 Å². The van der Waals surface area contributed by atoms with Gasteiger partial charge in [-0.15, -0.1) is 0 Å². The van der Waals surface area contributed by atoms with Crippen LogP contribution in [-0.2, 0) is 6.42 Å². The fraction of sp³-hybridized carbons (Fsp3) is 0.222. The number of hydrogen-bond donors (Lipinski definition) is 2. The van der Waals surface area contributed by atoms with Gasteiger partial charge in [-0.3, -0.25) is 4.79 Å². The molecule has 2 rings (SSSR count). The second-order valence-corrected chi connectivity index (χ2v) is 3.93. The molecular formula is C9H8BrNO2. The van der Waals surface area contributed by atoms with Crippen LogP contribution in [0.4, 0.5) is 5.69 Å². The third-order valence-electron chi connectivity index (χ3n) is 2.26. The van der Waals surface area contributed by atoms with Crippen LogP contribution in [0.25, 0.3) is 0 Å². The number of carbonyl (C=O) groups is 1. The van der Waals surface area contributed by atoms with E-state index in [2.05, 4.69) is 15.9 Å². The van der Waals surface area contributed by atoms with Crippen molar-refractivity contribution in [2.45, 2.75) is 12.8 Å². The molecule has 1 aliphatic carbocycles. The number of carbonyl (C=O) groups excluding carboxylic acids is 1. The molecule has 3 nitrogen and oxygen atoms in total. The molecule has 0 bridgehead atoms. The third-order valence-corrected chi connectivity index (χ3v) is 2.97. The van der Waals surface area contributed by atoms with E-state index in [-0.39, 0.29) is 17.2 Å². The van der Waals surface area contributed by atoms with Gasteiger partial charge in [-0.25, -0.2) is 0 Å². The molecular weight excluding hydrogens is 234 g/mol. The van der Waals surface area contributed by atoms with Crippen molar-refractivity contribution in [3.63, 3.8) is 0 Å². The van der Waals surface area contributed by atoms with Crippen molar-refractivity contribution < 1.29 is 9.90 Å². The molecule has 0 amide bonds. The number of phenols is 1. The van der Waals surface area contributed by atoms with Gasteiger partial charge in [-0.2, -0.15) is 0 Å². The Morgan fingerprint density at radius 2 is 2.15 bits per heavy atom. The number of anilines is 1. The maximum atomic E-state index is 11.4. The number of fused-ring (bicyclic) bond motifs is 1. The van der Waals surface area contributed by atoms with Crippen molar-refractivity contribution in [3.05, 3.63) is 21.7 Å². The normalized spacial score (nSPS) is 14.7. The van der Waals surface area contributed by atoms with Crippen molar-refractivity contribution in [1.29, 1.82) is 0 Å². The molecule has 0 heterocycles. The van der Waals surface area contributed by atoms with E-state index in [0.717, 1.165) is 10.0 Å². The first-order valence-corrected chi connectivity index (χ1v) is 4.73. The van der Waals surface area contributed by atoms with Gasteiger partial charge in [0.25, 0.3) is 0 Å². The fourth-order valence-electron chi connectivity index (χ4n) is 1.61. The Morgan fingerprint density at radius 1 is 1.46 bits per heavy atom. The highest BCUT2D eigenvalue weighted by Crippen LogP contribution is 2.39. The summed E-state index contributed by atoms with van der Waals surface area (Å²) in [6.45, 7) is 0. The highest BCUT2D eigenvalue weighted by Gasteiger charge is 2.26. The molecule has 4 heteroatoms. The van der Waals surface area contributed by atoms with Crippen LogP contribution < -0.4 is 5.73 Å². The molecule has 0 saturated carbocycles. The molecule has 0 radical (unpaired) electrons. The van der Waals surface area contributed by atoms with Crippen LogP contribution in [-0.4, -0.2) is 10.9 Å². The zero-order valence-electron chi connectivity index (χ0n) is 6.80. The van der Waals surface area contributed by atoms with Crippen molar-refractivity contribution >= 4 is 27.4 Å². The topological polar surface area (TPSA) is 63.3 Å². The average Bonchev–Trinajstić information content (AvgIpc) is 2.44. The van der Waals surface area contributed by atoms with Crippen molar-refractivity contribution in [2.75, 3.05) is 5.73 Å². The van der Waals surface area contributed by atoms with Gasteiger partial charge >= 0.3 is 0 Å². The number of ketones is 1. The number of nitrogens with two attached hydrogens (primary N) is 1. The van der Waals surface area contributed by atoms with Crippen LogP contribution in [0.5, 0.6) is 5.75 Å². The van der Waals surface area contributed by atoms with Gasteiger partial charge in [0, 0.05) is 10.9 Å². The summed E-state index contributed by atoms with van der Waals surface area (Å²) < 4.78 is 0.809. The SMILES string of the molecule is Nc1cc(Br)c2c(c1O)C(=O)CC2. The van der Waals surface area contributed by atoms with Crippen LogP contribution in [0.1, 0.15) is 22.3 Å². The molecule has 0 atom stereocenters. The van der Waals surface area contributed by atoms with E-state index in [1.807, 2.05) is 0 Å². The van der Waals surface area contributed by atoms with Crippen LogP contribution >= 0.6 is 15.9 Å². The maximum absolute atomic E-state index is 11.4. The Bertz CT molecular complexity index is 401. The number of aromatic hydroxyl groups is 1. The van der Waals surface area contributed by atoms with Crippen LogP contribution in [0.3, 0.4) is 0 Å². The molecule has 0 fully saturated rings. The maximum Gasteiger partial charge on any atom is 0.167 e. The minimum absolute atomic E-state index is 0.0273. The van der Waals surface area contributed by atoms with E-state index in [1.165, 1.54) is 0 Å². The number of phenolic OH excluding ortho intramolecular Hbond substituents is 1. The van der Waals surface area contributed by atoms with Gasteiger partial charge < -0.3 is 10.8 Å². The highest BCUT2D eigenvalue weighted by molar-refractivity contribution is 9.10. The summed E-state index contributed by atoms with van der Waals surface area (Å²) in [6.07, 6.45) is 1.15. The zero-order chi connectivity index (χ0) is 9.59. The molecule has 0 unspecified atom stereocenters. The van der Waals surface area contributed by atoms with Gasteiger partial charge in [0.1, 0.15) is 5.75 Å². The summed E-state index contributed by atoms with van der Waals surface area (Å²) in [6, 6.07) is 1.63. The summed E-state index contributed by atoms with van der Waals surface area (Å²) in [5.41, 5.74) is 7.04. The number of halogens is 1. The number of Topliss-reactive ketones (excluding diaryl/α,β-unsaturated/α-hetero) is 1. The zero-order valence-corrected chi connectivity index (χ0v) is 8.39. The first-order chi connectivity index (χ1) is 6.11. The second-order valence-electron chi connectivity index (χ2n) is 3.07. The minimum atomic E-state index is -0.0688. The van der Waals surface area contributed by atoms with Crippen LogP contribution in [0.2, 0.25) is 0 Å². The van der Waals surface area contributed by atoms with E-state index < -0.39 is 0 Å². The van der Waals surface area contributed by atoms with E-state index in [0.29, 0.717) is 18.4 Å². The Hall–Kier alpha value is -1.03. The fourth-order valence-corrected chi connectivity index (χ4v) is 2.25. The van der Waals surface area contributed by atoms with E-state index in [1.54, 1.807) is 6.07 Å². The third kappa shape index (κ3) is 1.13. The minimum Gasteiger partial charge on any atom is -0.505 e. The molecule has 1 aliphatic rings. The lowest BCUT2D eigenvalue weighted by Gasteiger charge is -2.06. The van der Waals surface area contributed by atoms with Crippen LogP contribution in [0, 0.1) is 0 Å². The van der Waals surface area contributed by atoms with Gasteiger partial charge in [0.2, 0.25) is 0 Å². The standard InChI is InChI=1S/C9H8BrNO2/c10-5-3-6(11)9(13)8-4(5)1-2-7(8)12/h3,13H,1-2,11H2. The summed E-state index contributed by atoms with van der Waals surface area (Å²) >= 11 is 3.32. The Kier molecular flexibility index (Phi) is 1.80. The highest BCUT2D eigenvalue weighted by atomic mass is 79.9. The second kappa shape index (κ2) is 2.73. The number of nitrogen functional groups attached to an aromatic ring is 1.